The second kappa shape index (κ2) is 8.49. The summed E-state index contributed by atoms with van der Waals surface area (Å²) >= 11 is 0. The molecule has 22 heavy (non-hydrogen) atoms. The molecule has 1 heterocycles. The first kappa shape index (κ1) is 18.9. The van der Waals surface area contributed by atoms with Crippen LogP contribution in [0.4, 0.5) is 0 Å². The SMILES string of the molecule is CNCC1CCCN(S(=O)(=O)Cc2cccc(C#N)c2)C1.Cl. The van der Waals surface area contributed by atoms with E-state index in [9.17, 15) is 8.42 Å². The minimum Gasteiger partial charge on any atom is -0.319 e. The first-order valence-corrected chi connectivity index (χ1v) is 8.77. The van der Waals surface area contributed by atoms with Gasteiger partial charge in [0, 0.05) is 13.1 Å². The van der Waals surface area contributed by atoms with Crippen LogP contribution in [-0.4, -0.2) is 39.4 Å². The maximum atomic E-state index is 12.5. The number of nitrogens with one attached hydrogen (secondary N) is 1. The smallest absolute Gasteiger partial charge is 0.218 e. The van der Waals surface area contributed by atoms with Gasteiger partial charge in [0.25, 0.3) is 0 Å². The van der Waals surface area contributed by atoms with E-state index in [2.05, 4.69) is 5.32 Å². The molecule has 1 unspecified atom stereocenters. The van der Waals surface area contributed by atoms with Gasteiger partial charge in [0.1, 0.15) is 0 Å². The number of nitrogens with zero attached hydrogens (tertiary/aromatic N) is 2. The normalized spacial score (nSPS) is 19.2. The molecule has 1 fully saturated rings. The lowest BCUT2D eigenvalue weighted by atomic mass is 10.00. The molecule has 0 radical (unpaired) electrons. The van der Waals surface area contributed by atoms with Crippen molar-refractivity contribution in [1.29, 1.82) is 5.26 Å². The lowest BCUT2D eigenvalue weighted by molar-refractivity contribution is 0.263. The summed E-state index contributed by atoms with van der Waals surface area (Å²) in [7, 11) is -1.43. The second-order valence-corrected chi connectivity index (χ2v) is 7.46. The third kappa shape index (κ3) is 4.96. The maximum absolute atomic E-state index is 12.5. The van der Waals surface area contributed by atoms with Crippen LogP contribution in [0.1, 0.15) is 24.0 Å². The van der Waals surface area contributed by atoms with Crippen molar-refractivity contribution in [3.05, 3.63) is 35.4 Å². The summed E-state index contributed by atoms with van der Waals surface area (Å²) in [6, 6.07) is 8.85. The minimum absolute atomic E-state index is 0. The van der Waals surface area contributed by atoms with Gasteiger partial charge in [-0.3, -0.25) is 0 Å². The molecule has 1 aromatic carbocycles. The zero-order valence-corrected chi connectivity index (χ0v) is 14.3. The summed E-state index contributed by atoms with van der Waals surface area (Å²) in [6.07, 6.45) is 1.97. The van der Waals surface area contributed by atoms with Gasteiger partial charge >= 0.3 is 0 Å². The van der Waals surface area contributed by atoms with E-state index in [0.29, 0.717) is 30.1 Å². The van der Waals surface area contributed by atoms with Gasteiger partial charge in [-0.2, -0.15) is 5.26 Å². The summed E-state index contributed by atoms with van der Waals surface area (Å²) in [6.45, 7) is 2.03. The Morgan fingerprint density at radius 2 is 2.23 bits per heavy atom. The Balaban J connectivity index is 0.00000242. The van der Waals surface area contributed by atoms with Crippen molar-refractivity contribution in [1.82, 2.24) is 9.62 Å². The number of nitriles is 1. The molecule has 0 aromatic heterocycles. The molecular formula is C15H22ClN3O2S. The molecule has 122 valence electrons. The topological polar surface area (TPSA) is 73.2 Å². The number of sulfonamides is 1. The van der Waals surface area contributed by atoms with Gasteiger partial charge in [0.15, 0.2) is 0 Å². The van der Waals surface area contributed by atoms with Crippen LogP contribution in [0.2, 0.25) is 0 Å². The Morgan fingerprint density at radius 3 is 2.91 bits per heavy atom. The van der Waals surface area contributed by atoms with Crippen LogP contribution in [-0.2, 0) is 15.8 Å². The van der Waals surface area contributed by atoms with Gasteiger partial charge in [0.2, 0.25) is 10.0 Å². The molecule has 1 aromatic rings. The number of halogens is 1. The molecule has 1 saturated heterocycles. The van der Waals surface area contributed by atoms with E-state index < -0.39 is 10.0 Å². The van der Waals surface area contributed by atoms with Crippen molar-refractivity contribution >= 4 is 22.4 Å². The van der Waals surface area contributed by atoms with E-state index in [0.717, 1.165) is 19.4 Å². The van der Waals surface area contributed by atoms with E-state index in [-0.39, 0.29) is 18.2 Å². The summed E-state index contributed by atoms with van der Waals surface area (Å²) in [5.74, 6) is 0.346. The van der Waals surface area contributed by atoms with Gasteiger partial charge in [-0.1, -0.05) is 12.1 Å². The fourth-order valence-electron chi connectivity index (χ4n) is 2.77. The first-order chi connectivity index (χ1) is 10.0. The number of rotatable bonds is 5. The summed E-state index contributed by atoms with van der Waals surface area (Å²) < 4.78 is 26.6. The van der Waals surface area contributed by atoms with Crippen molar-refractivity contribution in [2.24, 2.45) is 5.92 Å². The van der Waals surface area contributed by atoms with Crippen molar-refractivity contribution in [2.75, 3.05) is 26.7 Å². The number of benzene rings is 1. The quantitative estimate of drug-likeness (QED) is 0.883. The predicted molar refractivity (Wildman–Crippen MR) is 89.3 cm³/mol. The van der Waals surface area contributed by atoms with E-state index >= 15 is 0 Å². The van der Waals surface area contributed by atoms with Gasteiger partial charge in [-0.15, -0.1) is 12.4 Å². The van der Waals surface area contributed by atoms with Gasteiger partial charge in [0.05, 0.1) is 17.4 Å². The average Bonchev–Trinajstić information content (AvgIpc) is 2.48. The largest absolute Gasteiger partial charge is 0.319 e. The summed E-state index contributed by atoms with van der Waals surface area (Å²) in [5, 5.41) is 12.0. The highest BCUT2D eigenvalue weighted by atomic mass is 35.5. The molecule has 0 aliphatic carbocycles. The second-order valence-electron chi connectivity index (χ2n) is 5.49. The number of piperidine rings is 1. The van der Waals surface area contributed by atoms with Crippen LogP contribution in [0, 0.1) is 17.2 Å². The molecule has 1 aliphatic heterocycles. The monoisotopic (exact) mass is 343 g/mol. The van der Waals surface area contributed by atoms with Crippen molar-refractivity contribution in [3.8, 4) is 6.07 Å². The van der Waals surface area contributed by atoms with E-state index in [4.69, 9.17) is 5.26 Å². The van der Waals surface area contributed by atoms with Crippen LogP contribution < -0.4 is 5.32 Å². The highest BCUT2D eigenvalue weighted by Gasteiger charge is 2.28. The zero-order valence-electron chi connectivity index (χ0n) is 12.7. The molecule has 0 bridgehead atoms. The highest BCUT2D eigenvalue weighted by molar-refractivity contribution is 7.88. The fraction of sp³-hybridized carbons (Fsp3) is 0.533. The standard InChI is InChI=1S/C15H21N3O2S.ClH/c1-17-10-15-6-3-7-18(11-15)21(19,20)12-14-5-2-4-13(8-14)9-16;/h2,4-5,8,15,17H,3,6-7,10-12H2,1H3;1H. The molecule has 0 spiro atoms. The molecule has 1 N–H and O–H groups in total. The first-order valence-electron chi connectivity index (χ1n) is 7.16. The summed E-state index contributed by atoms with van der Waals surface area (Å²) in [4.78, 5) is 0. The van der Waals surface area contributed by atoms with Crippen LogP contribution in [0.25, 0.3) is 0 Å². The molecule has 2 rings (SSSR count). The van der Waals surface area contributed by atoms with Crippen LogP contribution in [0.15, 0.2) is 24.3 Å². The van der Waals surface area contributed by atoms with Crippen LogP contribution in [0.3, 0.4) is 0 Å². The average molecular weight is 344 g/mol. The molecule has 7 heteroatoms. The minimum atomic E-state index is -3.32. The number of hydrogen-bond acceptors (Lipinski definition) is 4. The predicted octanol–water partition coefficient (Wildman–Crippen LogP) is 1.74. The molecular weight excluding hydrogens is 322 g/mol. The lowest BCUT2D eigenvalue weighted by Crippen LogP contribution is -2.42. The van der Waals surface area contributed by atoms with Gasteiger partial charge < -0.3 is 5.32 Å². The highest BCUT2D eigenvalue weighted by Crippen LogP contribution is 2.21. The third-order valence-electron chi connectivity index (χ3n) is 3.77. The molecule has 0 amide bonds. The molecule has 5 nitrogen and oxygen atoms in total. The summed E-state index contributed by atoms with van der Waals surface area (Å²) in [5.41, 5.74) is 1.17. The Kier molecular flexibility index (Phi) is 7.30. The Labute approximate surface area is 138 Å². The lowest BCUT2D eigenvalue weighted by Gasteiger charge is -2.31. The van der Waals surface area contributed by atoms with Crippen molar-refractivity contribution < 1.29 is 8.42 Å². The Bertz CT molecular complexity index is 626. The fourth-order valence-corrected chi connectivity index (χ4v) is 4.40. The molecule has 1 aliphatic rings. The Morgan fingerprint density at radius 1 is 1.45 bits per heavy atom. The van der Waals surface area contributed by atoms with E-state index in [1.807, 2.05) is 13.1 Å². The van der Waals surface area contributed by atoms with Crippen molar-refractivity contribution in [3.63, 3.8) is 0 Å². The van der Waals surface area contributed by atoms with Gasteiger partial charge in [-0.25, -0.2) is 12.7 Å². The number of hydrogen-bond donors (Lipinski definition) is 1. The van der Waals surface area contributed by atoms with Crippen LogP contribution >= 0.6 is 12.4 Å². The zero-order chi connectivity index (χ0) is 15.3. The van der Waals surface area contributed by atoms with E-state index in [1.165, 1.54) is 0 Å². The maximum Gasteiger partial charge on any atom is 0.218 e. The van der Waals surface area contributed by atoms with Gasteiger partial charge in [-0.05, 0) is 50.0 Å². The van der Waals surface area contributed by atoms with E-state index in [1.54, 1.807) is 28.6 Å². The Hall–Kier alpha value is -1.13. The molecule has 0 saturated carbocycles. The van der Waals surface area contributed by atoms with Crippen LogP contribution in [0.5, 0.6) is 0 Å². The van der Waals surface area contributed by atoms with Crippen molar-refractivity contribution in [2.45, 2.75) is 18.6 Å². The molecule has 1 atom stereocenters. The third-order valence-corrected chi connectivity index (χ3v) is 5.59.